The molecule has 0 saturated heterocycles. The average molecular weight is 264 g/mol. The largest absolute Gasteiger partial charge is 0.295 e. The molecule has 0 atom stereocenters. The van der Waals surface area contributed by atoms with E-state index in [9.17, 15) is 4.79 Å². The van der Waals surface area contributed by atoms with Crippen molar-refractivity contribution in [1.82, 2.24) is 9.78 Å². The Morgan fingerprint density at radius 3 is 2.25 bits per heavy atom. The molecule has 0 fully saturated rings. The van der Waals surface area contributed by atoms with Crippen LogP contribution in [0.1, 0.15) is 11.3 Å². The topological polar surface area (TPSA) is 37.8 Å². The van der Waals surface area contributed by atoms with E-state index in [2.05, 4.69) is 5.10 Å². The van der Waals surface area contributed by atoms with Crippen LogP contribution in [-0.2, 0) is 0 Å². The molecule has 1 heterocycles. The van der Waals surface area contributed by atoms with Crippen LogP contribution in [-0.4, -0.2) is 9.78 Å². The minimum absolute atomic E-state index is 0.0111. The lowest BCUT2D eigenvalue weighted by molar-refractivity contribution is 0.829. The third-order valence-corrected chi connectivity index (χ3v) is 3.49. The van der Waals surface area contributed by atoms with E-state index < -0.39 is 0 Å². The van der Waals surface area contributed by atoms with Gasteiger partial charge in [-0.2, -0.15) is 0 Å². The lowest BCUT2D eigenvalue weighted by atomic mass is 10.1. The third kappa shape index (κ3) is 1.97. The number of aromatic amines is 1. The summed E-state index contributed by atoms with van der Waals surface area (Å²) < 4.78 is 1.62. The highest BCUT2D eigenvalue weighted by atomic mass is 16.1. The molecule has 3 nitrogen and oxygen atoms in total. The molecule has 0 unspecified atom stereocenters. The molecule has 20 heavy (non-hydrogen) atoms. The van der Waals surface area contributed by atoms with Gasteiger partial charge >= 0.3 is 0 Å². The molecule has 0 aliphatic carbocycles. The van der Waals surface area contributed by atoms with E-state index in [1.165, 1.54) is 0 Å². The highest BCUT2D eigenvalue weighted by Crippen LogP contribution is 2.20. The Kier molecular flexibility index (Phi) is 3.03. The van der Waals surface area contributed by atoms with Crippen LogP contribution >= 0.6 is 0 Å². The first-order valence-electron chi connectivity index (χ1n) is 6.61. The molecule has 0 aliphatic rings. The predicted octanol–water partition coefficient (Wildman–Crippen LogP) is 3.45. The van der Waals surface area contributed by atoms with Crippen LogP contribution < -0.4 is 5.56 Å². The first-order valence-corrected chi connectivity index (χ1v) is 6.61. The molecule has 0 radical (unpaired) electrons. The summed E-state index contributed by atoms with van der Waals surface area (Å²) in [6.45, 7) is 3.93. The number of benzene rings is 2. The zero-order valence-corrected chi connectivity index (χ0v) is 11.6. The fourth-order valence-corrected chi connectivity index (χ4v) is 2.48. The summed E-state index contributed by atoms with van der Waals surface area (Å²) in [7, 11) is 0. The number of hydrogen-bond acceptors (Lipinski definition) is 1. The molecular formula is C17H16N2O. The number of aromatic nitrogens is 2. The van der Waals surface area contributed by atoms with E-state index >= 15 is 0 Å². The Balaban J connectivity index is 2.23. The number of H-pyrrole nitrogens is 1. The lowest BCUT2D eigenvalue weighted by Gasteiger charge is -2.04. The van der Waals surface area contributed by atoms with Crippen molar-refractivity contribution >= 4 is 0 Å². The van der Waals surface area contributed by atoms with Crippen LogP contribution in [0.25, 0.3) is 16.8 Å². The van der Waals surface area contributed by atoms with Gasteiger partial charge in [-0.1, -0.05) is 48.5 Å². The molecule has 2 aromatic carbocycles. The number of rotatable bonds is 2. The molecule has 0 bridgehead atoms. The molecule has 100 valence electrons. The van der Waals surface area contributed by atoms with Crippen molar-refractivity contribution in [1.29, 1.82) is 0 Å². The Labute approximate surface area is 117 Å². The summed E-state index contributed by atoms with van der Waals surface area (Å²) in [5.41, 5.74) is 4.50. The molecule has 3 heteroatoms. The highest BCUT2D eigenvalue weighted by Gasteiger charge is 2.14. The van der Waals surface area contributed by atoms with Gasteiger partial charge in [-0.05, 0) is 31.0 Å². The number of hydrogen-bond donors (Lipinski definition) is 1. The third-order valence-electron chi connectivity index (χ3n) is 3.49. The van der Waals surface area contributed by atoms with Crippen LogP contribution in [0.15, 0.2) is 59.4 Å². The van der Waals surface area contributed by atoms with Crippen LogP contribution in [0.2, 0.25) is 0 Å². The van der Waals surface area contributed by atoms with E-state index in [-0.39, 0.29) is 5.56 Å². The summed E-state index contributed by atoms with van der Waals surface area (Å²) >= 11 is 0. The van der Waals surface area contributed by atoms with Crippen LogP contribution in [0.4, 0.5) is 0 Å². The van der Waals surface area contributed by atoms with Gasteiger partial charge in [0, 0.05) is 5.69 Å². The monoisotopic (exact) mass is 264 g/mol. The van der Waals surface area contributed by atoms with Crippen molar-refractivity contribution in [3.63, 3.8) is 0 Å². The SMILES string of the molecule is Cc1ccccc1-n1[nH]c(C)c(-c2ccccc2)c1=O. The quantitative estimate of drug-likeness (QED) is 0.756. The summed E-state index contributed by atoms with van der Waals surface area (Å²) in [6.07, 6.45) is 0. The van der Waals surface area contributed by atoms with Gasteiger partial charge in [0.2, 0.25) is 0 Å². The standard InChI is InChI=1S/C17H16N2O/c1-12-8-6-7-11-15(12)19-17(20)16(13(2)18-19)14-9-4-3-5-10-14/h3-11,18H,1-2H3. The van der Waals surface area contributed by atoms with Crippen molar-refractivity contribution in [3.8, 4) is 16.8 Å². The first-order chi connectivity index (χ1) is 9.68. The zero-order chi connectivity index (χ0) is 14.1. The molecule has 3 aromatic rings. The minimum atomic E-state index is -0.0111. The summed E-state index contributed by atoms with van der Waals surface area (Å²) in [6, 6.07) is 17.6. The van der Waals surface area contributed by atoms with Crippen molar-refractivity contribution < 1.29 is 0 Å². The van der Waals surface area contributed by atoms with Gasteiger partial charge in [-0.25, -0.2) is 4.68 Å². The Morgan fingerprint density at radius 1 is 0.900 bits per heavy atom. The molecule has 0 saturated carbocycles. The molecule has 0 amide bonds. The van der Waals surface area contributed by atoms with Crippen molar-refractivity contribution in [3.05, 3.63) is 76.2 Å². The van der Waals surface area contributed by atoms with Gasteiger partial charge in [0.15, 0.2) is 0 Å². The molecular weight excluding hydrogens is 248 g/mol. The second kappa shape index (κ2) is 4.85. The average Bonchev–Trinajstić information content (AvgIpc) is 2.75. The fourth-order valence-electron chi connectivity index (χ4n) is 2.48. The van der Waals surface area contributed by atoms with Crippen molar-refractivity contribution in [2.75, 3.05) is 0 Å². The molecule has 1 aromatic heterocycles. The van der Waals surface area contributed by atoms with Crippen LogP contribution in [0.5, 0.6) is 0 Å². The molecule has 1 N–H and O–H groups in total. The first kappa shape index (κ1) is 12.5. The Bertz CT molecular complexity index is 797. The van der Waals surface area contributed by atoms with Gasteiger partial charge in [-0.3, -0.25) is 9.89 Å². The van der Waals surface area contributed by atoms with Gasteiger partial charge < -0.3 is 0 Å². The van der Waals surface area contributed by atoms with Crippen molar-refractivity contribution in [2.24, 2.45) is 0 Å². The maximum Gasteiger partial charge on any atom is 0.279 e. The van der Waals surface area contributed by atoms with Gasteiger partial charge in [0.1, 0.15) is 0 Å². The van der Waals surface area contributed by atoms with Gasteiger partial charge in [0.05, 0.1) is 11.3 Å². The van der Waals surface area contributed by atoms with Gasteiger partial charge in [-0.15, -0.1) is 0 Å². The summed E-state index contributed by atoms with van der Waals surface area (Å²) in [5.74, 6) is 0. The summed E-state index contributed by atoms with van der Waals surface area (Å²) in [5, 5.41) is 3.17. The number of para-hydroxylation sites is 1. The lowest BCUT2D eigenvalue weighted by Crippen LogP contribution is -2.16. The number of aryl methyl sites for hydroxylation is 2. The maximum absolute atomic E-state index is 12.7. The molecule has 0 spiro atoms. The Morgan fingerprint density at radius 2 is 1.55 bits per heavy atom. The second-order valence-corrected chi connectivity index (χ2v) is 4.90. The van der Waals surface area contributed by atoms with E-state index in [0.717, 1.165) is 28.1 Å². The normalized spacial score (nSPS) is 10.7. The zero-order valence-electron chi connectivity index (χ0n) is 11.6. The highest BCUT2D eigenvalue weighted by molar-refractivity contribution is 5.65. The smallest absolute Gasteiger partial charge is 0.279 e. The van der Waals surface area contributed by atoms with Crippen LogP contribution in [0.3, 0.4) is 0 Å². The minimum Gasteiger partial charge on any atom is -0.295 e. The van der Waals surface area contributed by atoms with E-state index in [4.69, 9.17) is 0 Å². The van der Waals surface area contributed by atoms with Crippen molar-refractivity contribution in [2.45, 2.75) is 13.8 Å². The van der Waals surface area contributed by atoms with E-state index in [0.29, 0.717) is 0 Å². The van der Waals surface area contributed by atoms with Crippen LogP contribution in [0, 0.1) is 13.8 Å². The molecule has 3 rings (SSSR count). The Hall–Kier alpha value is -2.55. The number of nitrogens with zero attached hydrogens (tertiary/aromatic N) is 1. The maximum atomic E-state index is 12.7. The van der Waals surface area contributed by atoms with Gasteiger partial charge in [0.25, 0.3) is 5.56 Å². The summed E-state index contributed by atoms with van der Waals surface area (Å²) in [4.78, 5) is 12.7. The fraction of sp³-hybridized carbons (Fsp3) is 0.118. The number of nitrogens with one attached hydrogen (secondary N) is 1. The van der Waals surface area contributed by atoms with E-state index in [1.807, 2.05) is 68.4 Å². The predicted molar refractivity (Wildman–Crippen MR) is 81.3 cm³/mol. The second-order valence-electron chi connectivity index (χ2n) is 4.90. The molecule has 0 aliphatic heterocycles. The van der Waals surface area contributed by atoms with E-state index in [1.54, 1.807) is 4.68 Å².